The number of hydrogen-bond donors (Lipinski definition) is 2. The van der Waals surface area contributed by atoms with E-state index in [0.29, 0.717) is 6.54 Å². The van der Waals surface area contributed by atoms with Crippen LogP contribution in [0.3, 0.4) is 0 Å². The average molecular weight is 316 g/mol. The fraction of sp³-hybridized carbons (Fsp3) is 0.200. The third-order valence-corrected chi connectivity index (χ3v) is 4.55. The van der Waals surface area contributed by atoms with Crippen molar-refractivity contribution in [3.8, 4) is 11.3 Å². The zero-order valence-corrected chi connectivity index (χ0v) is 13.7. The van der Waals surface area contributed by atoms with Crippen molar-refractivity contribution >= 4 is 11.3 Å². The lowest BCUT2D eigenvalue weighted by molar-refractivity contribution is 0.678. The van der Waals surface area contributed by atoms with Gasteiger partial charge in [-0.05, 0) is 13.0 Å². The average Bonchev–Trinajstić information content (AvgIpc) is 3.21. The molecule has 2 heterocycles. The molecule has 2 aliphatic rings. The Morgan fingerprint density at radius 1 is 1.25 bits per heavy atom. The zero-order valence-electron chi connectivity index (χ0n) is 13.7. The highest BCUT2D eigenvalue weighted by atomic mass is 15.1. The Bertz CT molecular complexity index is 883. The van der Waals surface area contributed by atoms with E-state index in [1.54, 1.807) is 0 Å². The summed E-state index contributed by atoms with van der Waals surface area (Å²) in [6, 6.07) is 12.3. The molecule has 0 saturated carbocycles. The molecule has 1 aromatic carbocycles. The summed E-state index contributed by atoms with van der Waals surface area (Å²) in [5.74, 6) is 0. The van der Waals surface area contributed by atoms with E-state index in [-0.39, 0.29) is 0 Å². The topological polar surface area (TPSA) is 67.1 Å². The van der Waals surface area contributed by atoms with Gasteiger partial charge in [0, 0.05) is 28.8 Å². The number of fused-ring (bicyclic) bond motifs is 1. The summed E-state index contributed by atoms with van der Waals surface area (Å²) in [5, 5.41) is 7.62. The lowest BCUT2D eigenvalue weighted by Gasteiger charge is -2.26. The molecule has 1 aromatic heterocycles. The van der Waals surface area contributed by atoms with Crippen molar-refractivity contribution < 1.29 is 0 Å². The van der Waals surface area contributed by atoms with Gasteiger partial charge in [-0.15, -0.1) is 0 Å². The lowest BCUT2D eigenvalue weighted by atomic mass is 9.83. The van der Waals surface area contributed by atoms with E-state index in [9.17, 15) is 0 Å². The van der Waals surface area contributed by atoms with Gasteiger partial charge in [0.05, 0.1) is 23.5 Å². The maximum absolute atomic E-state index is 6.39. The van der Waals surface area contributed by atoms with Crippen molar-refractivity contribution in [2.24, 2.45) is 10.7 Å². The Morgan fingerprint density at radius 2 is 2.08 bits per heavy atom. The van der Waals surface area contributed by atoms with Crippen LogP contribution >= 0.6 is 0 Å². The number of aromatic amines is 1. The third-order valence-electron chi connectivity index (χ3n) is 4.55. The van der Waals surface area contributed by atoms with Crippen molar-refractivity contribution in [3.63, 3.8) is 0 Å². The summed E-state index contributed by atoms with van der Waals surface area (Å²) in [6.07, 6.45) is 8.95. The van der Waals surface area contributed by atoms with Crippen LogP contribution in [-0.2, 0) is 0 Å². The second-order valence-corrected chi connectivity index (χ2v) is 6.31. The van der Waals surface area contributed by atoms with Gasteiger partial charge in [-0.1, -0.05) is 54.6 Å². The molecule has 4 heteroatoms. The molecule has 0 saturated heterocycles. The predicted molar refractivity (Wildman–Crippen MR) is 98.7 cm³/mol. The summed E-state index contributed by atoms with van der Waals surface area (Å²) in [4.78, 5) is 4.70. The highest BCUT2D eigenvalue weighted by Gasteiger charge is 2.31. The molecule has 0 amide bonds. The molecule has 1 unspecified atom stereocenters. The van der Waals surface area contributed by atoms with Gasteiger partial charge in [0.15, 0.2) is 0 Å². The van der Waals surface area contributed by atoms with E-state index in [0.717, 1.165) is 29.1 Å². The highest BCUT2D eigenvalue weighted by molar-refractivity contribution is 6.13. The molecule has 4 rings (SSSR count). The Morgan fingerprint density at radius 3 is 2.88 bits per heavy atom. The normalized spacial score (nSPS) is 23.0. The molecule has 1 aliphatic carbocycles. The predicted octanol–water partition coefficient (Wildman–Crippen LogP) is 3.52. The molecular formula is C20H20N4. The van der Waals surface area contributed by atoms with Gasteiger partial charge < -0.3 is 5.73 Å². The first kappa shape index (κ1) is 14.8. The van der Waals surface area contributed by atoms with E-state index < -0.39 is 5.54 Å². The minimum Gasteiger partial charge on any atom is -0.318 e. The SMILES string of the molecule is C/C=C\C1(N)C=CC2=C(c3cc(-c4ccccc4)n[nH]3)CN=C2C1. The molecule has 0 fully saturated rings. The number of H-pyrrole nitrogens is 1. The Kier molecular flexibility index (Phi) is 3.54. The number of rotatable bonds is 3. The monoisotopic (exact) mass is 316 g/mol. The van der Waals surface area contributed by atoms with Crippen molar-refractivity contribution in [2.75, 3.05) is 6.54 Å². The molecule has 0 bridgehead atoms. The number of nitrogens with one attached hydrogen (secondary N) is 1. The summed E-state index contributed by atoms with van der Waals surface area (Å²) in [6.45, 7) is 2.67. The summed E-state index contributed by atoms with van der Waals surface area (Å²) < 4.78 is 0. The standard InChI is InChI=1S/C20H20N4/c1-2-9-20(21)10-8-15-16(13-22-19(15)12-20)18-11-17(23-24-18)14-6-4-3-5-7-14/h2-11H,12-13,21H2,1H3,(H,23,24)/b9-2-. The molecule has 24 heavy (non-hydrogen) atoms. The Labute approximate surface area is 141 Å². The number of nitrogens with zero attached hydrogens (tertiary/aromatic N) is 2. The van der Waals surface area contributed by atoms with Gasteiger partial charge in [-0.25, -0.2) is 0 Å². The van der Waals surface area contributed by atoms with Gasteiger partial charge in [0.25, 0.3) is 0 Å². The van der Waals surface area contributed by atoms with E-state index in [1.807, 2.05) is 37.3 Å². The summed E-state index contributed by atoms with van der Waals surface area (Å²) in [7, 11) is 0. The van der Waals surface area contributed by atoms with Crippen LogP contribution in [0.15, 0.2) is 71.3 Å². The number of allylic oxidation sites excluding steroid dienone is 3. The van der Waals surface area contributed by atoms with Crippen LogP contribution < -0.4 is 5.73 Å². The van der Waals surface area contributed by atoms with Crippen LogP contribution in [0.25, 0.3) is 16.8 Å². The van der Waals surface area contributed by atoms with Crippen LogP contribution in [0.5, 0.6) is 0 Å². The van der Waals surface area contributed by atoms with E-state index in [1.165, 1.54) is 11.1 Å². The maximum atomic E-state index is 6.39. The first-order valence-corrected chi connectivity index (χ1v) is 8.18. The molecular weight excluding hydrogens is 296 g/mol. The van der Waals surface area contributed by atoms with Crippen molar-refractivity contribution in [1.29, 1.82) is 0 Å². The van der Waals surface area contributed by atoms with Gasteiger partial charge in [0.2, 0.25) is 0 Å². The van der Waals surface area contributed by atoms with E-state index in [4.69, 9.17) is 10.7 Å². The molecule has 0 spiro atoms. The first-order valence-electron chi connectivity index (χ1n) is 8.18. The second kappa shape index (κ2) is 5.73. The number of aliphatic imine (C=N–C) groups is 1. The van der Waals surface area contributed by atoms with Crippen LogP contribution in [0.4, 0.5) is 0 Å². The maximum Gasteiger partial charge on any atom is 0.0927 e. The number of benzene rings is 1. The fourth-order valence-corrected chi connectivity index (χ4v) is 3.34. The smallest absolute Gasteiger partial charge is 0.0927 e. The minimum atomic E-state index is -0.421. The Balaban J connectivity index is 1.68. The number of aromatic nitrogens is 2. The summed E-state index contributed by atoms with van der Waals surface area (Å²) >= 11 is 0. The van der Waals surface area contributed by atoms with Crippen LogP contribution in [0.2, 0.25) is 0 Å². The summed E-state index contributed by atoms with van der Waals surface area (Å²) in [5.41, 5.74) is 12.5. The molecule has 2 aromatic rings. The van der Waals surface area contributed by atoms with Crippen molar-refractivity contribution in [3.05, 3.63) is 72.0 Å². The molecule has 120 valence electrons. The molecule has 1 aliphatic heterocycles. The largest absolute Gasteiger partial charge is 0.318 e. The minimum absolute atomic E-state index is 0.421. The van der Waals surface area contributed by atoms with Gasteiger partial charge in [-0.3, -0.25) is 10.1 Å². The molecule has 3 N–H and O–H groups in total. The highest BCUT2D eigenvalue weighted by Crippen LogP contribution is 2.33. The van der Waals surface area contributed by atoms with E-state index >= 15 is 0 Å². The third kappa shape index (κ3) is 2.55. The molecule has 4 nitrogen and oxygen atoms in total. The Hall–Kier alpha value is -2.72. The van der Waals surface area contributed by atoms with Crippen LogP contribution in [-0.4, -0.2) is 28.0 Å². The van der Waals surface area contributed by atoms with Crippen LogP contribution in [0, 0.1) is 0 Å². The van der Waals surface area contributed by atoms with Crippen LogP contribution in [0.1, 0.15) is 19.0 Å². The van der Waals surface area contributed by atoms with Gasteiger partial charge >= 0.3 is 0 Å². The zero-order chi connectivity index (χ0) is 16.6. The van der Waals surface area contributed by atoms with Crippen molar-refractivity contribution in [1.82, 2.24) is 10.2 Å². The van der Waals surface area contributed by atoms with E-state index in [2.05, 4.69) is 40.5 Å². The fourth-order valence-electron chi connectivity index (χ4n) is 3.34. The van der Waals surface area contributed by atoms with Gasteiger partial charge in [0.1, 0.15) is 0 Å². The first-order chi connectivity index (χ1) is 11.7. The number of nitrogens with two attached hydrogens (primary N) is 1. The second-order valence-electron chi connectivity index (χ2n) is 6.31. The quantitative estimate of drug-likeness (QED) is 0.851. The van der Waals surface area contributed by atoms with Crippen molar-refractivity contribution in [2.45, 2.75) is 18.9 Å². The molecule has 0 radical (unpaired) electrons. The van der Waals surface area contributed by atoms with Gasteiger partial charge in [-0.2, -0.15) is 5.10 Å². The molecule has 1 atom stereocenters. The number of hydrogen-bond acceptors (Lipinski definition) is 3. The lowest BCUT2D eigenvalue weighted by Crippen LogP contribution is -2.39.